The SMILES string of the molecule is COc1ccc(OC(C)C(=O)NCc2ccc(OC)nc2)cc1. The predicted octanol–water partition coefficient (Wildman–Crippen LogP) is 2.18. The number of carbonyl (C=O) groups excluding carboxylic acids is 1. The fourth-order valence-corrected chi connectivity index (χ4v) is 1.88. The summed E-state index contributed by atoms with van der Waals surface area (Å²) in [6, 6.07) is 10.7. The molecule has 1 atom stereocenters. The number of ether oxygens (including phenoxy) is 3. The largest absolute Gasteiger partial charge is 0.497 e. The Kier molecular flexibility index (Phi) is 5.80. The van der Waals surface area contributed by atoms with Gasteiger partial charge in [0.1, 0.15) is 11.5 Å². The minimum Gasteiger partial charge on any atom is -0.497 e. The molecule has 23 heavy (non-hydrogen) atoms. The molecule has 122 valence electrons. The molecule has 1 aromatic heterocycles. The Morgan fingerprint density at radius 3 is 2.35 bits per heavy atom. The number of hydrogen-bond acceptors (Lipinski definition) is 5. The summed E-state index contributed by atoms with van der Waals surface area (Å²) < 4.78 is 15.7. The lowest BCUT2D eigenvalue weighted by molar-refractivity contribution is -0.127. The third-order valence-corrected chi connectivity index (χ3v) is 3.22. The molecule has 1 aromatic carbocycles. The van der Waals surface area contributed by atoms with Crippen LogP contribution in [0.5, 0.6) is 17.4 Å². The highest BCUT2D eigenvalue weighted by molar-refractivity contribution is 5.80. The lowest BCUT2D eigenvalue weighted by Gasteiger charge is -2.15. The van der Waals surface area contributed by atoms with Crippen molar-refractivity contribution in [1.29, 1.82) is 0 Å². The van der Waals surface area contributed by atoms with Crippen molar-refractivity contribution in [2.24, 2.45) is 0 Å². The number of aromatic nitrogens is 1. The second-order valence-electron chi connectivity index (χ2n) is 4.86. The van der Waals surface area contributed by atoms with Crippen LogP contribution in [0.3, 0.4) is 0 Å². The molecule has 1 heterocycles. The zero-order valence-electron chi connectivity index (χ0n) is 13.4. The van der Waals surface area contributed by atoms with Gasteiger partial charge in [-0.05, 0) is 36.8 Å². The lowest BCUT2D eigenvalue weighted by Crippen LogP contribution is -2.35. The van der Waals surface area contributed by atoms with E-state index < -0.39 is 6.10 Å². The molecule has 0 aliphatic rings. The van der Waals surface area contributed by atoms with E-state index in [1.54, 1.807) is 57.7 Å². The molecule has 0 aliphatic carbocycles. The van der Waals surface area contributed by atoms with E-state index in [1.165, 1.54) is 0 Å². The van der Waals surface area contributed by atoms with Crippen LogP contribution < -0.4 is 19.5 Å². The normalized spacial score (nSPS) is 11.4. The number of carbonyl (C=O) groups is 1. The van der Waals surface area contributed by atoms with Gasteiger partial charge in [-0.15, -0.1) is 0 Å². The third-order valence-electron chi connectivity index (χ3n) is 3.22. The van der Waals surface area contributed by atoms with Crippen molar-refractivity contribution in [3.63, 3.8) is 0 Å². The van der Waals surface area contributed by atoms with E-state index in [0.717, 1.165) is 11.3 Å². The Morgan fingerprint density at radius 1 is 1.09 bits per heavy atom. The molecular weight excluding hydrogens is 296 g/mol. The first kappa shape index (κ1) is 16.6. The van der Waals surface area contributed by atoms with Crippen molar-refractivity contribution in [3.8, 4) is 17.4 Å². The number of benzene rings is 1. The minimum atomic E-state index is -0.602. The summed E-state index contributed by atoms with van der Waals surface area (Å²) >= 11 is 0. The van der Waals surface area contributed by atoms with Gasteiger partial charge in [-0.2, -0.15) is 0 Å². The molecule has 2 aromatic rings. The Hall–Kier alpha value is -2.76. The van der Waals surface area contributed by atoms with Crippen molar-refractivity contribution in [3.05, 3.63) is 48.2 Å². The molecule has 0 aliphatic heterocycles. The Bertz CT molecular complexity index is 626. The maximum Gasteiger partial charge on any atom is 0.261 e. The monoisotopic (exact) mass is 316 g/mol. The van der Waals surface area contributed by atoms with Crippen LogP contribution in [-0.4, -0.2) is 31.2 Å². The van der Waals surface area contributed by atoms with E-state index in [1.807, 2.05) is 6.07 Å². The lowest BCUT2D eigenvalue weighted by atomic mass is 10.2. The fraction of sp³-hybridized carbons (Fsp3) is 0.294. The van der Waals surface area contributed by atoms with E-state index in [-0.39, 0.29) is 5.91 Å². The molecule has 6 nitrogen and oxygen atoms in total. The number of nitrogens with one attached hydrogen (secondary N) is 1. The Balaban J connectivity index is 1.83. The first-order chi connectivity index (χ1) is 11.1. The summed E-state index contributed by atoms with van der Waals surface area (Å²) in [5.41, 5.74) is 0.885. The van der Waals surface area contributed by atoms with Crippen LogP contribution in [0.4, 0.5) is 0 Å². The molecule has 0 saturated heterocycles. The molecule has 6 heteroatoms. The van der Waals surface area contributed by atoms with E-state index in [2.05, 4.69) is 10.3 Å². The molecule has 1 unspecified atom stereocenters. The van der Waals surface area contributed by atoms with Crippen LogP contribution in [0.15, 0.2) is 42.6 Å². The minimum absolute atomic E-state index is 0.198. The molecule has 0 radical (unpaired) electrons. The third kappa shape index (κ3) is 4.88. The average molecular weight is 316 g/mol. The molecule has 1 N–H and O–H groups in total. The van der Waals surface area contributed by atoms with Gasteiger partial charge < -0.3 is 19.5 Å². The number of amides is 1. The molecule has 0 bridgehead atoms. The van der Waals surface area contributed by atoms with Crippen LogP contribution in [0.1, 0.15) is 12.5 Å². The molecule has 0 fully saturated rings. The molecule has 2 rings (SSSR count). The maximum absolute atomic E-state index is 12.1. The zero-order valence-corrected chi connectivity index (χ0v) is 13.4. The van der Waals surface area contributed by atoms with E-state index in [0.29, 0.717) is 18.2 Å². The van der Waals surface area contributed by atoms with Gasteiger partial charge in [0, 0.05) is 18.8 Å². The van der Waals surface area contributed by atoms with Gasteiger partial charge in [0.2, 0.25) is 5.88 Å². The summed E-state index contributed by atoms with van der Waals surface area (Å²) in [5, 5.41) is 2.81. The van der Waals surface area contributed by atoms with Gasteiger partial charge >= 0.3 is 0 Å². The van der Waals surface area contributed by atoms with Crippen molar-refractivity contribution in [2.75, 3.05) is 14.2 Å². The van der Waals surface area contributed by atoms with E-state index in [4.69, 9.17) is 14.2 Å². The summed E-state index contributed by atoms with van der Waals surface area (Å²) in [7, 11) is 3.15. The number of pyridine rings is 1. The van der Waals surface area contributed by atoms with Gasteiger partial charge in [-0.3, -0.25) is 4.79 Å². The van der Waals surface area contributed by atoms with Crippen molar-refractivity contribution in [2.45, 2.75) is 19.6 Å². The van der Waals surface area contributed by atoms with Crippen molar-refractivity contribution < 1.29 is 19.0 Å². The highest BCUT2D eigenvalue weighted by atomic mass is 16.5. The second-order valence-corrected chi connectivity index (χ2v) is 4.86. The first-order valence-electron chi connectivity index (χ1n) is 7.19. The smallest absolute Gasteiger partial charge is 0.261 e. The number of nitrogens with zero attached hydrogens (tertiary/aromatic N) is 1. The van der Waals surface area contributed by atoms with Crippen LogP contribution in [0.25, 0.3) is 0 Å². The van der Waals surface area contributed by atoms with Gasteiger partial charge in [-0.25, -0.2) is 4.98 Å². The number of methoxy groups -OCH3 is 2. The molecule has 1 amide bonds. The van der Waals surface area contributed by atoms with Crippen LogP contribution in [-0.2, 0) is 11.3 Å². The predicted molar refractivity (Wildman–Crippen MR) is 85.7 cm³/mol. The summed E-state index contributed by atoms with van der Waals surface area (Å²) in [6.45, 7) is 2.08. The van der Waals surface area contributed by atoms with Crippen LogP contribution in [0.2, 0.25) is 0 Å². The highest BCUT2D eigenvalue weighted by Gasteiger charge is 2.14. The van der Waals surface area contributed by atoms with Crippen molar-refractivity contribution in [1.82, 2.24) is 10.3 Å². The fourth-order valence-electron chi connectivity index (χ4n) is 1.88. The van der Waals surface area contributed by atoms with Crippen LogP contribution in [0, 0.1) is 0 Å². The van der Waals surface area contributed by atoms with Gasteiger partial charge in [-0.1, -0.05) is 6.07 Å². The van der Waals surface area contributed by atoms with Crippen molar-refractivity contribution >= 4 is 5.91 Å². The van der Waals surface area contributed by atoms with Crippen LogP contribution >= 0.6 is 0 Å². The standard InChI is InChI=1S/C17H20N2O4/c1-12(23-15-7-5-14(21-2)6-8-15)17(20)19-11-13-4-9-16(22-3)18-10-13/h4-10,12H,11H2,1-3H3,(H,19,20). The molecular formula is C17H20N2O4. The van der Waals surface area contributed by atoms with E-state index in [9.17, 15) is 4.79 Å². The van der Waals surface area contributed by atoms with Gasteiger partial charge in [0.15, 0.2) is 6.10 Å². The quantitative estimate of drug-likeness (QED) is 0.848. The topological polar surface area (TPSA) is 69.7 Å². The summed E-state index contributed by atoms with van der Waals surface area (Å²) in [6.07, 6.45) is 1.06. The second kappa shape index (κ2) is 8.03. The average Bonchev–Trinajstić information content (AvgIpc) is 2.60. The van der Waals surface area contributed by atoms with Gasteiger partial charge in [0.25, 0.3) is 5.91 Å². The zero-order chi connectivity index (χ0) is 16.7. The highest BCUT2D eigenvalue weighted by Crippen LogP contribution is 2.18. The summed E-state index contributed by atoms with van der Waals surface area (Å²) in [5.74, 6) is 1.69. The Morgan fingerprint density at radius 2 is 1.78 bits per heavy atom. The van der Waals surface area contributed by atoms with E-state index >= 15 is 0 Å². The molecule has 0 saturated carbocycles. The summed E-state index contributed by atoms with van der Waals surface area (Å²) in [4.78, 5) is 16.1. The number of rotatable bonds is 7. The Labute approximate surface area is 135 Å². The molecule has 0 spiro atoms. The first-order valence-corrected chi connectivity index (χ1v) is 7.19. The maximum atomic E-state index is 12.1. The van der Waals surface area contributed by atoms with Gasteiger partial charge in [0.05, 0.1) is 14.2 Å². The number of hydrogen-bond donors (Lipinski definition) is 1.